The maximum absolute atomic E-state index is 13.0. The van der Waals surface area contributed by atoms with E-state index < -0.39 is 27.9 Å². The van der Waals surface area contributed by atoms with Crippen LogP contribution < -0.4 is 10.2 Å². The number of alkyl halides is 5. The van der Waals surface area contributed by atoms with Crippen LogP contribution in [0.2, 0.25) is 0 Å². The molecule has 1 aromatic carbocycles. The van der Waals surface area contributed by atoms with Gasteiger partial charge in [0.2, 0.25) is 5.91 Å². The average Bonchev–Trinajstić information content (AvgIpc) is 3.16. The third-order valence-corrected chi connectivity index (χ3v) is 4.91. The Hall–Kier alpha value is -1.18. The highest BCUT2D eigenvalue weighted by Gasteiger charge is 2.56. The molecule has 1 aliphatic heterocycles. The molecule has 1 atom stereocenters. The molecule has 9 heteroatoms. The van der Waals surface area contributed by atoms with Gasteiger partial charge in [-0.2, -0.15) is 13.2 Å². The van der Waals surface area contributed by atoms with Crippen molar-refractivity contribution in [3.63, 3.8) is 0 Å². The summed E-state index contributed by atoms with van der Waals surface area (Å²) in [6.07, 6.45) is -4.21. The summed E-state index contributed by atoms with van der Waals surface area (Å²) in [5, 5.41) is 2.55. The van der Waals surface area contributed by atoms with Gasteiger partial charge >= 0.3 is 6.18 Å². The lowest BCUT2D eigenvalue weighted by Gasteiger charge is -2.31. The van der Waals surface area contributed by atoms with Crippen molar-refractivity contribution < 1.29 is 22.7 Å². The Kier molecular flexibility index (Phi) is 4.61. The monoisotopic (exact) mass is 382 g/mol. The zero-order valence-corrected chi connectivity index (χ0v) is 14.0. The molecular weight excluding hydrogens is 368 g/mol. The molecule has 1 heterocycles. The normalized spacial score (nSPS) is 23.0. The van der Waals surface area contributed by atoms with Crippen molar-refractivity contribution in [2.45, 2.75) is 16.9 Å². The van der Waals surface area contributed by atoms with E-state index in [1.807, 2.05) is 4.90 Å². The van der Waals surface area contributed by atoms with Gasteiger partial charge in [0.15, 0.2) is 0 Å². The van der Waals surface area contributed by atoms with E-state index in [1.54, 1.807) is 0 Å². The number of ether oxygens (including phenoxy) is 1. The minimum atomic E-state index is -4.49. The Balaban J connectivity index is 1.88. The number of hydrogen-bond acceptors (Lipinski definition) is 3. The van der Waals surface area contributed by atoms with Crippen molar-refractivity contribution in [3.05, 3.63) is 23.8 Å². The van der Waals surface area contributed by atoms with E-state index in [2.05, 4.69) is 5.32 Å². The molecule has 132 valence electrons. The van der Waals surface area contributed by atoms with Crippen molar-refractivity contribution in [1.29, 1.82) is 0 Å². The second-order valence-corrected chi connectivity index (χ2v) is 7.38. The largest absolute Gasteiger partial charge is 0.416 e. The van der Waals surface area contributed by atoms with Crippen molar-refractivity contribution >= 4 is 40.5 Å². The molecule has 0 unspecified atom stereocenters. The molecule has 1 saturated heterocycles. The van der Waals surface area contributed by atoms with E-state index in [1.165, 1.54) is 6.07 Å². The molecular formula is C15H15Cl2F3N2O2. The van der Waals surface area contributed by atoms with Crippen molar-refractivity contribution in [2.75, 3.05) is 36.5 Å². The summed E-state index contributed by atoms with van der Waals surface area (Å²) in [4.78, 5) is 14.1. The highest BCUT2D eigenvalue weighted by atomic mass is 35.5. The molecule has 2 fully saturated rings. The van der Waals surface area contributed by atoms with Crippen LogP contribution in [0.1, 0.15) is 12.0 Å². The number of carbonyl (C=O) groups excluding carboxylic acids is 1. The minimum Gasteiger partial charge on any atom is -0.378 e. The smallest absolute Gasteiger partial charge is 0.378 e. The topological polar surface area (TPSA) is 41.6 Å². The van der Waals surface area contributed by atoms with Crippen LogP contribution in [0, 0.1) is 5.92 Å². The number of halogens is 5. The average molecular weight is 383 g/mol. The van der Waals surface area contributed by atoms with Gasteiger partial charge in [0.05, 0.1) is 36.1 Å². The lowest BCUT2D eigenvalue weighted by molar-refractivity contribution is -0.137. The molecule has 2 aliphatic rings. The van der Waals surface area contributed by atoms with Gasteiger partial charge < -0.3 is 15.0 Å². The summed E-state index contributed by atoms with van der Waals surface area (Å²) < 4.78 is 43.1. The Morgan fingerprint density at radius 2 is 1.92 bits per heavy atom. The van der Waals surface area contributed by atoms with Crippen molar-refractivity contribution in [1.82, 2.24) is 0 Å². The number of benzene rings is 1. The molecule has 1 aliphatic carbocycles. The number of carbonyl (C=O) groups is 1. The van der Waals surface area contributed by atoms with Crippen LogP contribution in [0.15, 0.2) is 18.2 Å². The summed E-state index contributed by atoms with van der Waals surface area (Å²) in [5.74, 6) is -1.10. The lowest BCUT2D eigenvalue weighted by atomic mass is 10.1. The Morgan fingerprint density at radius 1 is 1.29 bits per heavy atom. The van der Waals surface area contributed by atoms with Crippen LogP contribution in [-0.4, -0.2) is 36.5 Å². The second-order valence-electron chi connectivity index (χ2n) is 5.84. The first kappa shape index (κ1) is 17.6. The van der Waals surface area contributed by atoms with Crippen LogP contribution in [0.3, 0.4) is 0 Å². The number of nitrogens with zero attached hydrogens (tertiary/aromatic N) is 1. The highest BCUT2D eigenvalue weighted by molar-refractivity contribution is 6.52. The number of hydrogen-bond donors (Lipinski definition) is 1. The van der Waals surface area contributed by atoms with Gasteiger partial charge in [0, 0.05) is 13.1 Å². The van der Waals surface area contributed by atoms with E-state index in [0.29, 0.717) is 32.0 Å². The molecule has 24 heavy (non-hydrogen) atoms. The molecule has 1 N–H and O–H groups in total. The zero-order chi connectivity index (χ0) is 17.5. The van der Waals surface area contributed by atoms with Crippen LogP contribution >= 0.6 is 23.2 Å². The standard InChI is InChI=1S/C15H15Cl2F3N2O2/c16-14(17)8-10(14)13(23)21-11-7-9(15(18,19)20)1-2-12(11)22-3-5-24-6-4-22/h1-2,7,10H,3-6,8H2,(H,21,23)/t10-/m0/s1. The fourth-order valence-corrected chi connectivity index (χ4v) is 3.12. The van der Waals surface area contributed by atoms with Gasteiger partial charge in [-0.15, -0.1) is 23.2 Å². The van der Waals surface area contributed by atoms with Gasteiger partial charge in [0.25, 0.3) is 0 Å². The molecule has 1 aromatic rings. The molecule has 1 amide bonds. The van der Waals surface area contributed by atoms with Crippen molar-refractivity contribution in [3.8, 4) is 0 Å². The SMILES string of the molecule is O=C(Nc1cc(C(F)(F)F)ccc1N1CCOCC1)[C@@H]1CC1(Cl)Cl. The molecule has 0 aromatic heterocycles. The van der Waals surface area contributed by atoms with E-state index in [-0.39, 0.29) is 12.1 Å². The highest BCUT2D eigenvalue weighted by Crippen LogP contribution is 2.53. The van der Waals surface area contributed by atoms with Gasteiger partial charge in [-0.3, -0.25) is 4.79 Å². The summed E-state index contributed by atoms with van der Waals surface area (Å²) in [7, 11) is 0. The van der Waals surface area contributed by atoms with Crippen molar-refractivity contribution in [2.24, 2.45) is 5.92 Å². The van der Waals surface area contributed by atoms with Gasteiger partial charge in [-0.25, -0.2) is 0 Å². The first-order valence-corrected chi connectivity index (χ1v) is 8.17. The zero-order valence-electron chi connectivity index (χ0n) is 12.5. The quantitative estimate of drug-likeness (QED) is 0.810. The molecule has 3 rings (SSSR count). The third kappa shape index (κ3) is 3.73. The van der Waals surface area contributed by atoms with Gasteiger partial charge in [-0.1, -0.05) is 0 Å². The fourth-order valence-electron chi connectivity index (χ4n) is 2.61. The van der Waals surface area contributed by atoms with Gasteiger partial charge in [0.1, 0.15) is 4.33 Å². The van der Waals surface area contributed by atoms with Gasteiger partial charge in [-0.05, 0) is 24.6 Å². The fraction of sp³-hybridized carbons (Fsp3) is 0.533. The number of morpholine rings is 1. The van der Waals surface area contributed by atoms with E-state index in [4.69, 9.17) is 27.9 Å². The first-order valence-electron chi connectivity index (χ1n) is 7.41. The Labute approximate surface area is 146 Å². The predicted molar refractivity (Wildman–Crippen MR) is 85.6 cm³/mol. The van der Waals surface area contributed by atoms with E-state index >= 15 is 0 Å². The maximum Gasteiger partial charge on any atom is 0.416 e. The van der Waals surface area contributed by atoms with E-state index in [0.717, 1.165) is 12.1 Å². The summed E-state index contributed by atoms with van der Waals surface area (Å²) >= 11 is 11.7. The number of nitrogens with one attached hydrogen (secondary N) is 1. The molecule has 4 nitrogen and oxygen atoms in total. The van der Waals surface area contributed by atoms with Crippen LogP contribution in [0.4, 0.5) is 24.5 Å². The molecule has 0 spiro atoms. The lowest BCUT2D eigenvalue weighted by Crippen LogP contribution is -2.37. The first-order chi connectivity index (χ1) is 11.2. The second kappa shape index (κ2) is 6.28. The minimum absolute atomic E-state index is 0.104. The van der Waals surface area contributed by atoms with Crippen LogP contribution in [-0.2, 0) is 15.7 Å². The molecule has 1 saturated carbocycles. The summed E-state index contributed by atoms with van der Waals surface area (Å²) in [5.41, 5.74) is -0.198. The predicted octanol–water partition coefficient (Wildman–Crippen LogP) is 3.67. The third-order valence-electron chi connectivity index (χ3n) is 4.08. The van der Waals surface area contributed by atoms with Crippen LogP contribution in [0.5, 0.6) is 0 Å². The Bertz CT molecular complexity index is 646. The van der Waals surface area contributed by atoms with Crippen LogP contribution in [0.25, 0.3) is 0 Å². The summed E-state index contributed by atoms with van der Waals surface area (Å²) in [6.45, 7) is 2.02. The number of anilines is 2. The molecule has 0 bridgehead atoms. The van der Waals surface area contributed by atoms with E-state index in [9.17, 15) is 18.0 Å². The number of amides is 1. The summed E-state index contributed by atoms with van der Waals surface area (Å²) in [6, 6.07) is 3.31. The maximum atomic E-state index is 13.0. The number of rotatable bonds is 3. The molecule has 0 radical (unpaired) electrons. The Morgan fingerprint density at radius 3 is 2.46 bits per heavy atom.